The van der Waals surface area contributed by atoms with Crippen LogP contribution in [0.15, 0.2) is 55.1 Å². The Bertz CT molecular complexity index is 2000. The standard InChI is InChI=1S/C32H32F2N10O/c1-4-5-6-25(45)39-22-13-19(15-35-16-22)28-27(34)26-24(17-38-28)42-43-30(26)32-40-29-23(7-8-37-31(29)41-32)18-11-20(33)14-21(12-18)36-9-10-44(2)3/h7-8,11-17,36H,4-6,9-10H2,1-3H3,(H,39,45)(H,42,43)(H,37,40,41). The fourth-order valence-electron chi connectivity index (χ4n) is 5.07. The zero-order valence-electron chi connectivity index (χ0n) is 25.1. The molecule has 0 spiro atoms. The topological polar surface area (TPSA) is 140 Å². The van der Waals surface area contributed by atoms with Crippen LogP contribution in [0.3, 0.4) is 0 Å². The molecule has 0 aliphatic carbocycles. The van der Waals surface area contributed by atoms with Crippen LogP contribution in [0.2, 0.25) is 0 Å². The van der Waals surface area contributed by atoms with Gasteiger partial charge in [0.25, 0.3) is 0 Å². The minimum Gasteiger partial charge on any atom is -0.384 e. The van der Waals surface area contributed by atoms with Crippen LogP contribution in [0.1, 0.15) is 26.2 Å². The number of anilines is 2. The molecule has 0 aliphatic heterocycles. The van der Waals surface area contributed by atoms with E-state index in [4.69, 9.17) is 4.98 Å². The Kier molecular flexibility index (Phi) is 8.43. The summed E-state index contributed by atoms with van der Waals surface area (Å²) in [6, 6.07) is 8.14. The lowest BCUT2D eigenvalue weighted by atomic mass is 10.0. The van der Waals surface area contributed by atoms with Gasteiger partial charge in [0.15, 0.2) is 17.3 Å². The van der Waals surface area contributed by atoms with Crippen LogP contribution in [0.5, 0.6) is 0 Å². The molecule has 13 heteroatoms. The number of likely N-dealkylation sites (N-methyl/N-ethyl adjacent to an activating group) is 1. The molecule has 0 unspecified atom stereocenters. The molecule has 5 heterocycles. The number of aromatic nitrogens is 7. The number of nitrogens with zero attached hydrogens (tertiary/aromatic N) is 6. The average Bonchev–Trinajstić information content (AvgIpc) is 3.65. The number of amides is 1. The van der Waals surface area contributed by atoms with E-state index < -0.39 is 5.82 Å². The lowest BCUT2D eigenvalue weighted by Crippen LogP contribution is -2.20. The van der Waals surface area contributed by atoms with E-state index in [0.717, 1.165) is 19.4 Å². The molecule has 4 N–H and O–H groups in total. The highest BCUT2D eigenvalue weighted by Gasteiger charge is 2.22. The minimum absolute atomic E-state index is 0.0475. The number of rotatable bonds is 11. The predicted molar refractivity (Wildman–Crippen MR) is 171 cm³/mol. The second-order valence-electron chi connectivity index (χ2n) is 11.0. The molecule has 1 aromatic carbocycles. The van der Waals surface area contributed by atoms with Crippen molar-refractivity contribution < 1.29 is 13.6 Å². The van der Waals surface area contributed by atoms with E-state index in [-0.39, 0.29) is 34.3 Å². The largest absolute Gasteiger partial charge is 0.384 e. The molecule has 45 heavy (non-hydrogen) atoms. The highest BCUT2D eigenvalue weighted by Crippen LogP contribution is 2.35. The summed E-state index contributed by atoms with van der Waals surface area (Å²) in [7, 11) is 3.94. The highest BCUT2D eigenvalue weighted by molar-refractivity contribution is 5.97. The van der Waals surface area contributed by atoms with Crippen molar-refractivity contribution in [1.29, 1.82) is 0 Å². The van der Waals surface area contributed by atoms with Crippen LogP contribution in [0, 0.1) is 11.6 Å². The number of aromatic amines is 2. The van der Waals surface area contributed by atoms with Crippen molar-refractivity contribution in [2.45, 2.75) is 26.2 Å². The number of carbonyl (C=O) groups is 1. The first-order valence-electron chi connectivity index (χ1n) is 14.6. The van der Waals surface area contributed by atoms with Gasteiger partial charge in [0.05, 0.1) is 29.0 Å². The van der Waals surface area contributed by atoms with Crippen molar-refractivity contribution in [1.82, 2.24) is 40.0 Å². The molecule has 6 rings (SSSR count). The summed E-state index contributed by atoms with van der Waals surface area (Å²) >= 11 is 0. The summed E-state index contributed by atoms with van der Waals surface area (Å²) in [5, 5.41) is 13.4. The van der Waals surface area contributed by atoms with Gasteiger partial charge in [0.1, 0.15) is 22.7 Å². The second kappa shape index (κ2) is 12.7. The molecular weight excluding hydrogens is 578 g/mol. The smallest absolute Gasteiger partial charge is 0.224 e. The molecule has 0 atom stereocenters. The second-order valence-corrected chi connectivity index (χ2v) is 11.0. The fourth-order valence-corrected chi connectivity index (χ4v) is 5.07. The minimum atomic E-state index is -0.625. The van der Waals surface area contributed by atoms with E-state index >= 15 is 4.39 Å². The molecule has 0 fully saturated rings. The number of hydrogen-bond acceptors (Lipinski definition) is 8. The van der Waals surface area contributed by atoms with Crippen molar-refractivity contribution in [3.05, 3.63) is 66.8 Å². The lowest BCUT2D eigenvalue weighted by molar-refractivity contribution is -0.116. The van der Waals surface area contributed by atoms with Crippen LogP contribution in [0.25, 0.3) is 56.0 Å². The monoisotopic (exact) mass is 610 g/mol. The van der Waals surface area contributed by atoms with E-state index in [1.165, 1.54) is 30.7 Å². The van der Waals surface area contributed by atoms with Crippen LogP contribution >= 0.6 is 0 Å². The van der Waals surface area contributed by atoms with Crippen LogP contribution in [0.4, 0.5) is 20.2 Å². The molecule has 5 aromatic heterocycles. The SMILES string of the molecule is CCCCC(=O)Nc1cncc(-c2ncc3[nH]nc(-c4nc5c(-c6cc(F)cc(NCCN(C)C)c6)ccnc5[nH]4)c3c2F)c1. The maximum absolute atomic E-state index is 16.2. The van der Waals surface area contributed by atoms with Gasteiger partial charge in [-0.1, -0.05) is 13.3 Å². The maximum Gasteiger partial charge on any atom is 0.224 e. The quantitative estimate of drug-likeness (QED) is 0.140. The number of nitrogens with one attached hydrogen (secondary N) is 4. The highest BCUT2D eigenvalue weighted by atomic mass is 19.1. The van der Waals surface area contributed by atoms with Gasteiger partial charge in [0, 0.05) is 48.7 Å². The lowest BCUT2D eigenvalue weighted by Gasteiger charge is -2.12. The Balaban J connectivity index is 1.36. The third-order valence-corrected chi connectivity index (χ3v) is 7.30. The number of benzene rings is 1. The number of imidazole rings is 1. The number of H-pyrrole nitrogens is 2. The summed E-state index contributed by atoms with van der Waals surface area (Å²) in [4.78, 5) is 35.1. The summed E-state index contributed by atoms with van der Waals surface area (Å²) in [6.45, 7) is 3.45. The molecule has 11 nitrogen and oxygen atoms in total. The molecule has 0 bridgehead atoms. The molecule has 0 saturated heterocycles. The normalized spacial score (nSPS) is 11.5. The van der Waals surface area contributed by atoms with E-state index in [9.17, 15) is 9.18 Å². The number of hydrogen-bond donors (Lipinski definition) is 4. The van der Waals surface area contributed by atoms with Gasteiger partial charge in [-0.25, -0.2) is 18.7 Å². The summed E-state index contributed by atoms with van der Waals surface area (Å²) in [6.07, 6.45) is 8.14. The number of halogens is 2. The predicted octanol–water partition coefficient (Wildman–Crippen LogP) is 6.01. The van der Waals surface area contributed by atoms with Crippen molar-refractivity contribution in [2.75, 3.05) is 37.8 Å². The van der Waals surface area contributed by atoms with Gasteiger partial charge in [-0.15, -0.1) is 0 Å². The Labute approximate surface area is 257 Å². The summed E-state index contributed by atoms with van der Waals surface area (Å²) in [5.41, 5.74) is 4.34. The Morgan fingerprint density at radius 1 is 1.00 bits per heavy atom. The van der Waals surface area contributed by atoms with E-state index in [2.05, 4.69) is 40.8 Å². The molecule has 0 aliphatic rings. The average molecular weight is 611 g/mol. The Morgan fingerprint density at radius 2 is 1.84 bits per heavy atom. The van der Waals surface area contributed by atoms with Gasteiger partial charge < -0.3 is 20.5 Å². The van der Waals surface area contributed by atoms with Crippen molar-refractivity contribution >= 4 is 39.3 Å². The third-order valence-electron chi connectivity index (χ3n) is 7.30. The molecular formula is C32H32F2N10O. The van der Waals surface area contributed by atoms with Crippen LogP contribution in [-0.2, 0) is 4.79 Å². The number of unbranched alkanes of at least 4 members (excludes halogenated alkanes) is 1. The van der Waals surface area contributed by atoms with Gasteiger partial charge >= 0.3 is 0 Å². The first-order chi connectivity index (χ1) is 21.8. The fraction of sp³-hybridized carbons (Fsp3) is 0.250. The molecule has 0 radical (unpaired) electrons. The van der Waals surface area contributed by atoms with Crippen LogP contribution < -0.4 is 10.6 Å². The molecule has 230 valence electrons. The van der Waals surface area contributed by atoms with Crippen molar-refractivity contribution in [2.24, 2.45) is 0 Å². The van der Waals surface area contributed by atoms with Gasteiger partial charge in [-0.3, -0.25) is 19.9 Å². The Hall–Kier alpha value is -5.30. The van der Waals surface area contributed by atoms with Gasteiger partial charge in [-0.05, 0) is 56.4 Å². The first-order valence-corrected chi connectivity index (χ1v) is 14.6. The molecule has 0 saturated carbocycles. The number of fused-ring (bicyclic) bond motifs is 2. The zero-order chi connectivity index (χ0) is 31.5. The maximum atomic E-state index is 16.2. The van der Waals surface area contributed by atoms with E-state index in [1.807, 2.05) is 32.0 Å². The molecule has 1 amide bonds. The first kappa shape index (κ1) is 29.8. The van der Waals surface area contributed by atoms with Crippen molar-refractivity contribution in [3.63, 3.8) is 0 Å². The van der Waals surface area contributed by atoms with Crippen LogP contribution in [-0.4, -0.2) is 73.1 Å². The van der Waals surface area contributed by atoms with Crippen molar-refractivity contribution in [3.8, 4) is 33.9 Å². The van der Waals surface area contributed by atoms with Gasteiger partial charge in [0.2, 0.25) is 5.91 Å². The zero-order valence-corrected chi connectivity index (χ0v) is 25.1. The summed E-state index contributed by atoms with van der Waals surface area (Å²) < 4.78 is 30.9. The third kappa shape index (κ3) is 6.34. The number of pyridine rings is 3. The molecule has 6 aromatic rings. The van der Waals surface area contributed by atoms with E-state index in [1.54, 1.807) is 18.3 Å². The van der Waals surface area contributed by atoms with E-state index in [0.29, 0.717) is 57.7 Å². The summed E-state index contributed by atoms with van der Waals surface area (Å²) in [5.74, 6) is -0.868. The number of carbonyl (C=O) groups excluding carboxylic acids is 1. The Morgan fingerprint density at radius 3 is 2.67 bits per heavy atom. The van der Waals surface area contributed by atoms with Gasteiger partial charge in [-0.2, -0.15) is 5.10 Å².